The molecule has 0 saturated carbocycles. The molecule has 0 unspecified atom stereocenters. The number of H-pyrrole nitrogens is 2. The van der Waals surface area contributed by atoms with E-state index in [-0.39, 0.29) is 22.8 Å². The van der Waals surface area contributed by atoms with Crippen LogP contribution in [0.5, 0.6) is 11.5 Å². The second-order valence-corrected chi connectivity index (χ2v) is 5.79. The van der Waals surface area contributed by atoms with Crippen LogP contribution in [0.25, 0.3) is 11.0 Å². The summed E-state index contributed by atoms with van der Waals surface area (Å²) in [5.74, 6) is -0.897. The number of rotatable bonds is 6. The lowest BCUT2D eigenvalue weighted by molar-refractivity contribution is -0.0515. The van der Waals surface area contributed by atoms with Crippen molar-refractivity contribution in [2.75, 3.05) is 7.11 Å². The maximum atomic E-state index is 12.7. The first-order valence-corrected chi connectivity index (χ1v) is 8.03. The van der Waals surface area contributed by atoms with E-state index in [4.69, 9.17) is 4.74 Å². The number of hydrogen-bond acceptors (Lipinski definition) is 4. The second-order valence-electron chi connectivity index (χ2n) is 5.79. The van der Waals surface area contributed by atoms with Gasteiger partial charge in [-0.25, -0.2) is 4.79 Å². The van der Waals surface area contributed by atoms with Crippen LogP contribution in [-0.2, 0) is 0 Å². The van der Waals surface area contributed by atoms with Gasteiger partial charge in [0.05, 0.1) is 29.7 Å². The maximum Gasteiger partial charge on any atom is 0.387 e. The molecule has 9 heteroatoms. The first kappa shape index (κ1) is 18.4. The van der Waals surface area contributed by atoms with Crippen LogP contribution in [0.3, 0.4) is 0 Å². The number of aromatic amines is 2. The number of aromatic nitrogens is 2. The molecule has 0 aliphatic heterocycles. The number of fused-ring (bicyclic) bond motifs is 1. The Morgan fingerprint density at radius 1 is 1.15 bits per heavy atom. The molecule has 142 valence electrons. The van der Waals surface area contributed by atoms with Gasteiger partial charge in [0.25, 0.3) is 5.91 Å². The summed E-state index contributed by atoms with van der Waals surface area (Å²) in [6.45, 7) is -1.37. The Morgan fingerprint density at radius 3 is 2.59 bits per heavy atom. The Bertz CT molecular complexity index is 1030. The fourth-order valence-electron chi connectivity index (χ4n) is 2.74. The number of imidazole rings is 1. The number of benzene rings is 2. The molecule has 3 rings (SSSR count). The molecule has 7 nitrogen and oxygen atoms in total. The molecule has 0 fully saturated rings. The largest absolute Gasteiger partial charge is 0.493 e. The highest BCUT2D eigenvalue weighted by Crippen LogP contribution is 2.32. The number of nitrogens with one attached hydrogen (secondary N) is 3. The minimum atomic E-state index is -3.10. The topological polar surface area (TPSA) is 96.2 Å². The first-order chi connectivity index (χ1) is 12.9. The number of amides is 1. The zero-order valence-electron chi connectivity index (χ0n) is 14.5. The van der Waals surface area contributed by atoms with E-state index in [1.165, 1.54) is 25.3 Å². The van der Waals surface area contributed by atoms with Crippen LogP contribution >= 0.6 is 0 Å². The fraction of sp³-hybridized carbons (Fsp3) is 0.222. The van der Waals surface area contributed by atoms with Gasteiger partial charge < -0.3 is 24.8 Å². The van der Waals surface area contributed by atoms with E-state index in [9.17, 15) is 18.4 Å². The normalized spacial score (nSPS) is 12.2. The van der Waals surface area contributed by atoms with E-state index in [0.29, 0.717) is 11.0 Å². The molecule has 0 saturated heterocycles. The number of alkyl halides is 2. The number of carbonyl (C=O) groups excluding carboxylic acids is 1. The van der Waals surface area contributed by atoms with Gasteiger partial charge in [0.2, 0.25) is 0 Å². The predicted molar refractivity (Wildman–Crippen MR) is 94.4 cm³/mol. The number of methoxy groups -OCH3 is 1. The molecular formula is C18H17F2N3O4. The van der Waals surface area contributed by atoms with Crippen LogP contribution in [0.1, 0.15) is 28.9 Å². The molecule has 1 aromatic heterocycles. The average Bonchev–Trinajstić information content (AvgIpc) is 3.00. The minimum absolute atomic E-state index is 0.0296. The second kappa shape index (κ2) is 7.48. The van der Waals surface area contributed by atoms with Crippen LogP contribution in [0, 0.1) is 0 Å². The highest BCUT2D eigenvalue weighted by molar-refractivity contribution is 5.98. The molecule has 1 heterocycles. The number of para-hydroxylation sites is 1. The van der Waals surface area contributed by atoms with Gasteiger partial charge in [0.15, 0.2) is 11.5 Å². The molecule has 2 aromatic carbocycles. The highest BCUT2D eigenvalue weighted by Gasteiger charge is 2.21. The lowest BCUT2D eigenvalue weighted by Crippen LogP contribution is -2.27. The Morgan fingerprint density at radius 2 is 1.89 bits per heavy atom. The third kappa shape index (κ3) is 3.91. The summed E-state index contributed by atoms with van der Waals surface area (Å²) in [7, 11) is 1.30. The number of carbonyl (C=O) groups is 1. The van der Waals surface area contributed by atoms with Crippen molar-refractivity contribution in [1.82, 2.24) is 15.3 Å². The van der Waals surface area contributed by atoms with Crippen molar-refractivity contribution < 1.29 is 23.0 Å². The molecular weight excluding hydrogens is 360 g/mol. The summed E-state index contributed by atoms with van der Waals surface area (Å²) in [5, 5.41) is 2.73. The van der Waals surface area contributed by atoms with Gasteiger partial charge in [-0.2, -0.15) is 8.78 Å². The molecule has 0 radical (unpaired) electrons. The van der Waals surface area contributed by atoms with E-state index in [2.05, 4.69) is 20.0 Å². The zero-order chi connectivity index (χ0) is 19.6. The van der Waals surface area contributed by atoms with Gasteiger partial charge in [0, 0.05) is 0 Å². The van der Waals surface area contributed by atoms with E-state index in [1.54, 1.807) is 25.1 Å². The lowest BCUT2D eigenvalue weighted by Gasteiger charge is -2.17. The van der Waals surface area contributed by atoms with E-state index >= 15 is 0 Å². The van der Waals surface area contributed by atoms with Crippen molar-refractivity contribution in [2.45, 2.75) is 19.6 Å². The van der Waals surface area contributed by atoms with Crippen LogP contribution in [0.2, 0.25) is 0 Å². The molecule has 27 heavy (non-hydrogen) atoms. The third-order valence-electron chi connectivity index (χ3n) is 4.04. The van der Waals surface area contributed by atoms with Crippen LogP contribution in [-0.4, -0.2) is 29.6 Å². The van der Waals surface area contributed by atoms with Crippen molar-refractivity contribution in [3.05, 3.63) is 58.0 Å². The van der Waals surface area contributed by atoms with Crippen LogP contribution in [0.4, 0.5) is 8.78 Å². The molecule has 0 bridgehead atoms. The smallest absolute Gasteiger partial charge is 0.387 e. The summed E-state index contributed by atoms with van der Waals surface area (Å²) >= 11 is 0. The van der Waals surface area contributed by atoms with E-state index < -0.39 is 18.6 Å². The highest BCUT2D eigenvalue weighted by atomic mass is 19.3. The minimum Gasteiger partial charge on any atom is -0.493 e. The Hall–Kier alpha value is -3.36. The molecule has 3 aromatic rings. The van der Waals surface area contributed by atoms with E-state index in [0.717, 1.165) is 5.56 Å². The molecule has 3 N–H and O–H groups in total. The van der Waals surface area contributed by atoms with Crippen molar-refractivity contribution in [2.24, 2.45) is 0 Å². The van der Waals surface area contributed by atoms with Gasteiger partial charge in [-0.15, -0.1) is 0 Å². The van der Waals surface area contributed by atoms with Gasteiger partial charge in [0.1, 0.15) is 0 Å². The number of halogens is 2. The van der Waals surface area contributed by atoms with Crippen molar-refractivity contribution >= 4 is 16.9 Å². The quantitative estimate of drug-likeness (QED) is 0.615. The van der Waals surface area contributed by atoms with Gasteiger partial charge in [-0.3, -0.25) is 4.79 Å². The predicted octanol–water partition coefficient (Wildman–Crippen LogP) is 2.96. The number of hydrogen-bond donors (Lipinski definition) is 3. The molecule has 0 aliphatic rings. The standard InChI is InChI=1S/C18H17F2N3O4/c1-9(10-6-7-12-13(8-10)23-18(25)22-12)21-16(24)11-4-3-5-14(26-2)15(11)27-17(19)20/h3-9,17H,1-2H3,(H,21,24)(H2,22,23,25)/t9-/m1/s1. The van der Waals surface area contributed by atoms with E-state index in [1.807, 2.05) is 0 Å². The first-order valence-electron chi connectivity index (χ1n) is 8.03. The maximum absolute atomic E-state index is 12.7. The Labute approximate surface area is 152 Å². The average molecular weight is 377 g/mol. The Balaban J connectivity index is 1.86. The summed E-state index contributed by atoms with van der Waals surface area (Å²) in [6.07, 6.45) is 0. The fourth-order valence-corrected chi connectivity index (χ4v) is 2.74. The van der Waals surface area contributed by atoms with Crippen molar-refractivity contribution in [1.29, 1.82) is 0 Å². The molecule has 1 atom stereocenters. The summed E-state index contributed by atoms with van der Waals surface area (Å²) < 4.78 is 34.9. The van der Waals surface area contributed by atoms with Crippen LogP contribution in [0.15, 0.2) is 41.2 Å². The monoisotopic (exact) mass is 377 g/mol. The zero-order valence-corrected chi connectivity index (χ0v) is 14.5. The van der Waals surface area contributed by atoms with Gasteiger partial charge >= 0.3 is 12.3 Å². The SMILES string of the molecule is COc1cccc(C(=O)N[C@H](C)c2ccc3[nH]c(=O)[nH]c3c2)c1OC(F)F. The molecule has 0 aliphatic carbocycles. The van der Waals surface area contributed by atoms with Crippen molar-refractivity contribution in [3.8, 4) is 11.5 Å². The molecule has 1 amide bonds. The lowest BCUT2D eigenvalue weighted by atomic mass is 10.1. The van der Waals surface area contributed by atoms with Gasteiger partial charge in [-0.1, -0.05) is 12.1 Å². The summed E-state index contributed by atoms with van der Waals surface area (Å²) in [5.41, 5.74) is 1.57. The summed E-state index contributed by atoms with van der Waals surface area (Å²) in [4.78, 5) is 29.2. The summed E-state index contributed by atoms with van der Waals surface area (Å²) in [6, 6.07) is 9.03. The molecule has 0 spiro atoms. The van der Waals surface area contributed by atoms with Crippen molar-refractivity contribution in [3.63, 3.8) is 0 Å². The Kier molecular flexibility index (Phi) is 5.11. The third-order valence-corrected chi connectivity index (χ3v) is 4.04. The number of ether oxygens (including phenoxy) is 2. The van der Waals surface area contributed by atoms with Gasteiger partial charge in [-0.05, 0) is 36.8 Å². The van der Waals surface area contributed by atoms with Crippen LogP contribution < -0.4 is 20.5 Å².